The van der Waals surface area contributed by atoms with E-state index in [0.717, 1.165) is 12.0 Å². The van der Waals surface area contributed by atoms with Crippen molar-refractivity contribution >= 4 is 11.8 Å². The summed E-state index contributed by atoms with van der Waals surface area (Å²) in [5.74, 6) is -1.53. The zero-order valence-electron chi connectivity index (χ0n) is 10.8. The highest BCUT2D eigenvalue weighted by Gasteiger charge is 2.27. The molecule has 0 fully saturated rings. The van der Waals surface area contributed by atoms with E-state index < -0.39 is 17.8 Å². The Balaban J connectivity index is 2.48. The fourth-order valence-electron chi connectivity index (χ4n) is 1.44. The molecule has 2 N–H and O–H groups in total. The molecule has 1 rings (SSSR count). The number of esters is 1. The van der Waals surface area contributed by atoms with Crippen molar-refractivity contribution in [1.29, 1.82) is 0 Å². The van der Waals surface area contributed by atoms with Gasteiger partial charge in [0.25, 0.3) is 5.78 Å². The molecule has 0 radical (unpaired) electrons. The predicted octanol–water partition coefficient (Wildman–Crippen LogP) is 1.67. The van der Waals surface area contributed by atoms with E-state index in [0.29, 0.717) is 0 Å². The summed E-state index contributed by atoms with van der Waals surface area (Å²) in [7, 11) is 0. The SMILES string of the molecule is CC[C@H](C)[C@H](N)C(=O)C(=O)OCc1ccccc1. The Bertz CT molecular complexity index is 403. The molecule has 4 nitrogen and oxygen atoms in total. The van der Waals surface area contributed by atoms with E-state index in [4.69, 9.17) is 10.5 Å². The number of benzene rings is 1. The third-order valence-electron chi connectivity index (χ3n) is 2.97. The maximum Gasteiger partial charge on any atom is 0.376 e. The molecule has 1 aromatic carbocycles. The molecule has 0 aliphatic carbocycles. The van der Waals surface area contributed by atoms with E-state index in [2.05, 4.69) is 0 Å². The quantitative estimate of drug-likeness (QED) is 0.615. The highest BCUT2D eigenvalue weighted by molar-refractivity contribution is 6.35. The Morgan fingerprint density at radius 1 is 1.28 bits per heavy atom. The second kappa shape index (κ2) is 6.91. The molecule has 98 valence electrons. The van der Waals surface area contributed by atoms with Crippen LogP contribution in [0, 0.1) is 5.92 Å². The van der Waals surface area contributed by atoms with Gasteiger partial charge in [-0.1, -0.05) is 50.6 Å². The smallest absolute Gasteiger partial charge is 0.376 e. The second-order valence-corrected chi connectivity index (χ2v) is 4.34. The highest BCUT2D eigenvalue weighted by atomic mass is 16.5. The Kier molecular flexibility index (Phi) is 5.52. The summed E-state index contributed by atoms with van der Waals surface area (Å²) in [6.07, 6.45) is 0.749. The van der Waals surface area contributed by atoms with Gasteiger partial charge in [-0.05, 0) is 11.5 Å². The fourth-order valence-corrected chi connectivity index (χ4v) is 1.44. The molecule has 2 atom stereocenters. The molecule has 4 heteroatoms. The average molecular weight is 249 g/mol. The van der Waals surface area contributed by atoms with Crippen molar-refractivity contribution in [3.05, 3.63) is 35.9 Å². The minimum atomic E-state index is -0.855. The van der Waals surface area contributed by atoms with Crippen molar-refractivity contribution in [3.8, 4) is 0 Å². The Morgan fingerprint density at radius 2 is 1.89 bits per heavy atom. The molecule has 0 heterocycles. The molecule has 0 bridgehead atoms. The van der Waals surface area contributed by atoms with Crippen LogP contribution >= 0.6 is 0 Å². The minimum Gasteiger partial charge on any atom is -0.455 e. The van der Waals surface area contributed by atoms with Crippen molar-refractivity contribution in [2.75, 3.05) is 0 Å². The van der Waals surface area contributed by atoms with Crippen molar-refractivity contribution in [2.24, 2.45) is 11.7 Å². The molecule has 0 saturated carbocycles. The first-order valence-corrected chi connectivity index (χ1v) is 6.06. The van der Waals surface area contributed by atoms with Crippen molar-refractivity contribution < 1.29 is 14.3 Å². The van der Waals surface area contributed by atoms with Gasteiger partial charge in [-0.15, -0.1) is 0 Å². The molecule has 1 aromatic rings. The van der Waals surface area contributed by atoms with Crippen molar-refractivity contribution in [1.82, 2.24) is 0 Å². The lowest BCUT2D eigenvalue weighted by Gasteiger charge is -2.15. The summed E-state index contributed by atoms with van der Waals surface area (Å²) in [4.78, 5) is 23.2. The highest BCUT2D eigenvalue weighted by Crippen LogP contribution is 2.08. The molecule has 0 saturated heterocycles. The third-order valence-corrected chi connectivity index (χ3v) is 2.97. The minimum absolute atomic E-state index is 0.0261. The van der Waals surface area contributed by atoms with Gasteiger partial charge in [0.05, 0.1) is 6.04 Å². The van der Waals surface area contributed by atoms with Crippen LogP contribution in [0.5, 0.6) is 0 Å². The number of ketones is 1. The van der Waals surface area contributed by atoms with E-state index in [1.807, 2.05) is 44.2 Å². The first kappa shape index (κ1) is 14.4. The molecule has 0 amide bonds. The number of hydrogen-bond acceptors (Lipinski definition) is 4. The maximum atomic E-state index is 11.7. The number of Topliss-reactive ketones (excluding diaryl/α,β-unsaturated/α-hetero) is 1. The largest absolute Gasteiger partial charge is 0.455 e. The number of nitrogens with two attached hydrogens (primary N) is 1. The summed E-state index contributed by atoms with van der Waals surface area (Å²) in [6, 6.07) is 8.43. The third kappa shape index (κ3) is 3.96. The van der Waals surface area contributed by atoms with Crippen LogP contribution in [0.25, 0.3) is 0 Å². The monoisotopic (exact) mass is 249 g/mol. The van der Waals surface area contributed by atoms with Gasteiger partial charge in [0.2, 0.25) is 0 Å². The summed E-state index contributed by atoms with van der Waals surface area (Å²) in [5, 5.41) is 0. The van der Waals surface area contributed by atoms with E-state index in [-0.39, 0.29) is 12.5 Å². The topological polar surface area (TPSA) is 69.4 Å². The Hall–Kier alpha value is -1.68. The lowest BCUT2D eigenvalue weighted by Crippen LogP contribution is -2.41. The molecular formula is C14H19NO3. The molecule has 0 aliphatic rings. The average Bonchev–Trinajstić information content (AvgIpc) is 2.43. The Morgan fingerprint density at radius 3 is 2.44 bits per heavy atom. The summed E-state index contributed by atoms with van der Waals surface area (Å²) >= 11 is 0. The van der Waals surface area contributed by atoms with Crippen molar-refractivity contribution in [3.63, 3.8) is 0 Å². The van der Waals surface area contributed by atoms with Gasteiger partial charge >= 0.3 is 5.97 Å². The lowest BCUT2D eigenvalue weighted by atomic mass is 9.96. The second-order valence-electron chi connectivity index (χ2n) is 4.34. The van der Waals surface area contributed by atoms with Crippen LogP contribution in [0.1, 0.15) is 25.8 Å². The molecule has 0 unspecified atom stereocenters. The number of carbonyl (C=O) groups is 2. The summed E-state index contributed by atoms with van der Waals surface area (Å²) < 4.78 is 4.94. The van der Waals surface area contributed by atoms with Crippen LogP contribution < -0.4 is 5.73 Å². The van der Waals surface area contributed by atoms with Gasteiger partial charge in [0, 0.05) is 0 Å². The molecular weight excluding hydrogens is 230 g/mol. The zero-order valence-corrected chi connectivity index (χ0v) is 10.8. The van der Waals surface area contributed by atoms with Crippen LogP contribution in [0.2, 0.25) is 0 Å². The van der Waals surface area contributed by atoms with E-state index in [1.165, 1.54) is 0 Å². The molecule has 0 aromatic heterocycles. The predicted molar refractivity (Wildman–Crippen MR) is 68.7 cm³/mol. The van der Waals surface area contributed by atoms with Gasteiger partial charge in [0.1, 0.15) is 6.61 Å². The van der Waals surface area contributed by atoms with Crippen LogP contribution in [-0.4, -0.2) is 17.8 Å². The van der Waals surface area contributed by atoms with Crippen LogP contribution in [0.4, 0.5) is 0 Å². The van der Waals surface area contributed by atoms with E-state index in [9.17, 15) is 9.59 Å². The van der Waals surface area contributed by atoms with Gasteiger partial charge in [-0.25, -0.2) is 4.79 Å². The van der Waals surface area contributed by atoms with Crippen LogP contribution in [0.15, 0.2) is 30.3 Å². The van der Waals surface area contributed by atoms with E-state index >= 15 is 0 Å². The zero-order chi connectivity index (χ0) is 13.5. The standard InChI is InChI=1S/C14H19NO3/c1-3-10(2)12(15)13(16)14(17)18-9-11-7-5-4-6-8-11/h4-8,10,12H,3,9,15H2,1-2H3/t10-,12-/m0/s1. The molecule has 0 aliphatic heterocycles. The van der Waals surface area contributed by atoms with Gasteiger partial charge in [-0.2, -0.15) is 0 Å². The summed E-state index contributed by atoms with van der Waals surface area (Å²) in [5.41, 5.74) is 6.53. The normalized spacial score (nSPS) is 13.7. The fraction of sp³-hybridized carbons (Fsp3) is 0.429. The summed E-state index contributed by atoms with van der Waals surface area (Å²) in [6.45, 7) is 3.86. The maximum absolute atomic E-state index is 11.7. The first-order chi connectivity index (χ1) is 8.56. The Labute approximate surface area is 107 Å². The van der Waals surface area contributed by atoms with Crippen LogP contribution in [0.3, 0.4) is 0 Å². The van der Waals surface area contributed by atoms with Gasteiger partial charge in [0.15, 0.2) is 0 Å². The first-order valence-electron chi connectivity index (χ1n) is 6.06. The number of ether oxygens (including phenoxy) is 1. The molecule has 0 spiro atoms. The van der Waals surface area contributed by atoms with Crippen LogP contribution in [-0.2, 0) is 20.9 Å². The molecule has 18 heavy (non-hydrogen) atoms. The number of carbonyl (C=O) groups excluding carboxylic acids is 2. The van der Waals surface area contributed by atoms with E-state index in [1.54, 1.807) is 0 Å². The number of hydrogen-bond donors (Lipinski definition) is 1. The lowest BCUT2D eigenvalue weighted by molar-refractivity contribution is -0.155. The van der Waals surface area contributed by atoms with Gasteiger partial charge in [-0.3, -0.25) is 4.79 Å². The number of rotatable bonds is 6. The van der Waals surface area contributed by atoms with Gasteiger partial charge < -0.3 is 10.5 Å². The van der Waals surface area contributed by atoms with Crippen molar-refractivity contribution in [2.45, 2.75) is 32.9 Å².